The van der Waals surface area contributed by atoms with E-state index in [1.165, 1.54) is 0 Å². The molecule has 4 aromatic rings. The van der Waals surface area contributed by atoms with Crippen LogP contribution in [0.2, 0.25) is 0 Å². The molecule has 0 fully saturated rings. The van der Waals surface area contributed by atoms with E-state index in [1.54, 1.807) is 18.9 Å². The SMILES string of the molecule is COc1cc2c(C(=O)OCCN(C)C)c(CSc3ccccc3)n(Cc3ccccc3)c2cc1Br. The summed E-state index contributed by atoms with van der Waals surface area (Å²) in [6, 6.07) is 24.5. The minimum atomic E-state index is -0.309. The Morgan fingerprint density at radius 1 is 1.03 bits per heavy atom. The van der Waals surface area contributed by atoms with Crippen LogP contribution in [0.15, 0.2) is 82.2 Å². The van der Waals surface area contributed by atoms with E-state index < -0.39 is 0 Å². The van der Waals surface area contributed by atoms with Crippen LogP contribution >= 0.6 is 27.7 Å². The topological polar surface area (TPSA) is 43.7 Å². The Balaban J connectivity index is 1.85. The largest absolute Gasteiger partial charge is 0.496 e. The number of hydrogen-bond acceptors (Lipinski definition) is 5. The summed E-state index contributed by atoms with van der Waals surface area (Å²) in [5, 5.41) is 0.833. The second-order valence-corrected chi connectivity index (χ2v) is 10.3. The third kappa shape index (κ3) is 6.10. The van der Waals surface area contributed by atoms with Crippen LogP contribution in [-0.2, 0) is 17.0 Å². The lowest BCUT2D eigenvalue weighted by molar-refractivity contribution is 0.0483. The summed E-state index contributed by atoms with van der Waals surface area (Å²) in [4.78, 5) is 16.7. The van der Waals surface area contributed by atoms with Gasteiger partial charge in [0.1, 0.15) is 12.4 Å². The van der Waals surface area contributed by atoms with Gasteiger partial charge in [0, 0.05) is 34.8 Å². The maximum atomic E-state index is 13.5. The van der Waals surface area contributed by atoms with Crippen LogP contribution in [0.4, 0.5) is 0 Å². The molecule has 0 aliphatic carbocycles. The van der Waals surface area contributed by atoms with Crippen LogP contribution in [-0.4, -0.2) is 49.8 Å². The second kappa shape index (κ2) is 11.8. The number of ether oxygens (including phenoxy) is 2. The second-order valence-electron chi connectivity index (χ2n) is 8.44. The van der Waals surface area contributed by atoms with Crippen LogP contribution in [0.1, 0.15) is 21.6 Å². The third-order valence-corrected chi connectivity index (χ3v) is 7.37. The number of thioether (sulfide) groups is 1. The number of rotatable bonds is 10. The van der Waals surface area contributed by atoms with Gasteiger partial charge in [-0.15, -0.1) is 11.8 Å². The summed E-state index contributed by atoms with van der Waals surface area (Å²) in [5.74, 6) is 1.000. The highest BCUT2D eigenvalue weighted by Crippen LogP contribution is 2.38. The Morgan fingerprint density at radius 3 is 2.37 bits per heavy atom. The highest BCUT2D eigenvalue weighted by Gasteiger charge is 2.25. The first-order chi connectivity index (χ1) is 17.0. The summed E-state index contributed by atoms with van der Waals surface area (Å²) < 4.78 is 14.4. The minimum Gasteiger partial charge on any atom is -0.496 e. The van der Waals surface area contributed by atoms with Crippen molar-refractivity contribution in [1.29, 1.82) is 0 Å². The number of benzene rings is 3. The average molecular weight is 554 g/mol. The molecule has 1 aromatic heterocycles. The summed E-state index contributed by atoms with van der Waals surface area (Å²) in [7, 11) is 5.56. The summed E-state index contributed by atoms with van der Waals surface area (Å²) in [5.41, 5.74) is 3.66. The van der Waals surface area contributed by atoms with E-state index in [-0.39, 0.29) is 5.97 Å². The molecule has 0 saturated carbocycles. The van der Waals surface area contributed by atoms with Crippen molar-refractivity contribution < 1.29 is 14.3 Å². The zero-order valence-corrected chi connectivity index (χ0v) is 22.6. The van der Waals surface area contributed by atoms with E-state index in [2.05, 4.69) is 44.8 Å². The number of esters is 1. The van der Waals surface area contributed by atoms with Gasteiger partial charge in [-0.05, 0) is 59.9 Å². The smallest absolute Gasteiger partial charge is 0.340 e. The lowest BCUT2D eigenvalue weighted by atomic mass is 10.1. The minimum absolute atomic E-state index is 0.309. The number of methoxy groups -OCH3 is 1. The Kier molecular flexibility index (Phi) is 8.55. The van der Waals surface area contributed by atoms with Crippen LogP contribution in [0.25, 0.3) is 10.9 Å². The number of likely N-dealkylation sites (N-methyl/N-ethyl adjacent to an activating group) is 1. The number of carbonyl (C=O) groups excluding carboxylic acids is 1. The van der Waals surface area contributed by atoms with Crippen molar-refractivity contribution in [2.45, 2.75) is 17.2 Å². The van der Waals surface area contributed by atoms with E-state index in [9.17, 15) is 4.79 Å². The number of carbonyl (C=O) groups is 1. The van der Waals surface area contributed by atoms with Crippen LogP contribution in [0.5, 0.6) is 5.75 Å². The van der Waals surface area contributed by atoms with Gasteiger partial charge in [-0.25, -0.2) is 4.79 Å². The lowest BCUT2D eigenvalue weighted by Crippen LogP contribution is -2.20. The van der Waals surface area contributed by atoms with Gasteiger partial charge in [-0.1, -0.05) is 48.5 Å². The number of nitrogens with zero attached hydrogens (tertiary/aromatic N) is 2. The monoisotopic (exact) mass is 552 g/mol. The van der Waals surface area contributed by atoms with Crippen molar-refractivity contribution >= 4 is 44.6 Å². The first kappa shape index (κ1) is 25.4. The van der Waals surface area contributed by atoms with Gasteiger partial charge in [-0.3, -0.25) is 0 Å². The molecule has 0 saturated heterocycles. The van der Waals surface area contributed by atoms with E-state index in [0.717, 1.165) is 31.5 Å². The van der Waals surface area contributed by atoms with Crippen molar-refractivity contribution in [1.82, 2.24) is 9.47 Å². The van der Waals surface area contributed by atoms with Gasteiger partial charge in [0.05, 0.1) is 22.7 Å². The predicted octanol–water partition coefficient (Wildman–Crippen LogP) is 6.47. The van der Waals surface area contributed by atoms with Crippen molar-refractivity contribution in [2.75, 3.05) is 34.4 Å². The van der Waals surface area contributed by atoms with Crippen molar-refractivity contribution in [2.24, 2.45) is 0 Å². The molecule has 0 unspecified atom stereocenters. The van der Waals surface area contributed by atoms with E-state index in [0.29, 0.717) is 36.8 Å². The molecular weight excluding hydrogens is 524 g/mol. The molecule has 0 radical (unpaired) electrons. The first-order valence-electron chi connectivity index (χ1n) is 11.4. The van der Waals surface area contributed by atoms with E-state index >= 15 is 0 Å². The molecule has 0 aliphatic heterocycles. The molecule has 0 atom stereocenters. The first-order valence-corrected chi connectivity index (χ1v) is 13.2. The molecule has 0 N–H and O–H groups in total. The molecule has 4 rings (SSSR count). The van der Waals surface area contributed by atoms with Gasteiger partial charge < -0.3 is 18.9 Å². The predicted molar refractivity (Wildman–Crippen MR) is 147 cm³/mol. The lowest BCUT2D eigenvalue weighted by Gasteiger charge is -2.13. The molecule has 0 aliphatic rings. The number of aromatic nitrogens is 1. The summed E-state index contributed by atoms with van der Waals surface area (Å²) in [6.45, 7) is 1.64. The van der Waals surface area contributed by atoms with Gasteiger partial charge >= 0.3 is 5.97 Å². The Morgan fingerprint density at radius 2 is 1.71 bits per heavy atom. The fourth-order valence-electron chi connectivity index (χ4n) is 3.94. The molecule has 3 aromatic carbocycles. The molecule has 0 spiro atoms. The maximum Gasteiger partial charge on any atom is 0.340 e. The van der Waals surface area contributed by atoms with E-state index in [1.807, 2.05) is 67.5 Å². The molecule has 0 bridgehead atoms. The van der Waals surface area contributed by atoms with Crippen molar-refractivity contribution in [3.8, 4) is 5.75 Å². The number of fused-ring (bicyclic) bond motifs is 1. The Hall–Kier alpha value is -2.74. The number of halogens is 1. The van der Waals surface area contributed by atoms with Gasteiger partial charge in [0.25, 0.3) is 0 Å². The molecule has 1 heterocycles. The fourth-order valence-corrected chi connectivity index (χ4v) is 5.39. The molecular formula is C28H29BrN2O3S. The third-order valence-electron chi connectivity index (χ3n) is 5.72. The molecule has 0 amide bonds. The average Bonchev–Trinajstić information content (AvgIpc) is 3.15. The molecule has 182 valence electrons. The zero-order chi connectivity index (χ0) is 24.8. The Labute approximate surface area is 219 Å². The normalized spacial score (nSPS) is 11.2. The van der Waals surface area contributed by atoms with Crippen LogP contribution < -0.4 is 4.74 Å². The molecule has 7 heteroatoms. The van der Waals surface area contributed by atoms with Gasteiger partial charge in [-0.2, -0.15) is 0 Å². The highest BCUT2D eigenvalue weighted by atomic mass is 79.9. The molecule has 35 heavy (non-hydrogen) atoms. The number of hydrogen-bond donors (Lipinski definition) is 0. The highest BCUT2D eigenvalue weighted by molar-refractivity contribution is 9.10. The van der Waals surface area contributed by atoms with Crippen LogP contribution in [0.3, 0.4) is 0 Å². The summed E-state index contributed by atoms with van der Waals surface area (Å²) >= 11 is 5.34. The fraction of sp³-hybridized carbons (Fsp3) is 0.250. The van der Waals surface area contributed by atoms with Gasteiger partial charge in [0.15, 0.2) is 0 Å². The van der Waals surface area contributed by atoms with Crippen molar-refractivity contribution in [3.63, 3.8) is 0 Å². The maximum absolute atomic E-state index is 13.5. The zero-order valence-electron chi connectivity index (χ0n) is 20.2. The molecule has 5 nitrogen and oxygen atoms in total. The summed E-state index contributed by atoms with van der Waals surface area (Å²) in [6.07, 6.45) is 0. The standard InChI is InChI=1S/C28H29BrN2O3S/c1-30(2)14-15-34-28(32)27-22-16-26(33-3)23(29)17-24(22)31(18-20-10-6-4-7-11-20)25(27)19-35-21-12-8-5-9-13-21/h4-13,16-17H,14-15,18-19H2,1-3H3. The quantitative estimate of drug-likeness (QED) is 0.166. The van der Waals surface area contributed by atoms with Crippen LogP contribution in [0, 0.1) is 0 Å². The van der Waals surface area contributed by atoms with Gasteiger partial charge in [0.2, 0.25) is 0 Å². The van der Waals surface area contributed by atoms with Crippen molar-refractivity contribution in [3.05, 3.63) is 94.1 Å². The van der Waals surface area contributed by atoms with E-state index in [4.69, 9.17) is 9.47 Å². The Bertz CT molecular complexity index is 1290.